The fourth-order valence-corrected chi connectivity index (χ4v) is 1.17. The van der Waals surface area contributed by atoms with E-state index in [9.17, 15) is 22.8 Å². The zero-order valence-corrected chi connectivity index (χ0v) is 9.73. The number of alkyl halides is 3. The molecule has 0 saturated carbocycles. The van der Waals surface area contributed by atoms with Crippen LogP contribution in [0, 0.1) is 6.92 Å². The largest absolute Gasteiger partial charge is 0.480 e. The Labute approximate surface area is 105 Å². The summed E-state index contributed by atoms with van der Waals surface area (Å²) in [6, 6.07) is -2.06. The van der Waals surface area contributed by atoms with E-state index >= 15 is 0 Å². The Bertz CT molecular complexity index is 473. The van der Waals surface area contributed by atoms with Crippen LogP contribution in [-0.2, 0) is 4.79 Å². The first-order valence-electron chi connectivity index (χ1n) is 5.08. The number of hydrogen-bond acceptors (Lipinski definition) is 4. The minimum Gasteiger partial charge on any atom is -0.480 e. The van der Waals surface area contributed by atoms with E-state index in [-0.39, 0.29) is 5.69 Å². The second-order valence-corrected chi connectivity index (χ2v) is 3.73. The van der Waals surface area contributed by atoms with Gasteiger partial charge in [-0.15, -0.1) is 0 Å². The standard InChI is InChI=1S/C10H10F3N3O3/c1-5-3-15-7(4-14-5)8(17)16-6(9(18)19)2-10(11,12)13/h3-4,6H,2H2,1H3,(H,16,17)(H,18,19). The zero-order chi connectivity index (χ0) is 14.6. The number of rotatable bonds is 4. The van der Waals surface area contributed by atoms with Gasteiger partial charge in [0.15, 0.2) is 0 Å². The molecule has 104 valence electrons. The number of halogens is 3. The summed E-state index contributed by atoms with van der Waals surface area (Å²) in [5, 5.41) is 10.4. The third-order valence-corrected chi connectivity index (χ3v) is 2.05. The van der Waals surface area contributed by atoms with Gasteiger partial charge in [0, 0.05) is 6.20 Å². The van der Waals surface area contributed by atoms with Crippen molar-refractivity contribution in [2.75, 3.05) is 0 Å². The summed E-state index contributed by atoms with van der Waals surface area (Å²) in [7, 11) is 0. The van der Waals surface area contributed by atoms with E-state index in [0.717, 1.165) is 6.20 Å². The molecule has 0 saturated heterocycles. The van der Waals surface area contributed by atoms with Gasteiger partial charge in [-0.3, -0.25) is 9.78 Å². The number of nitrogens with zero attached hydrogens (tertiary/aromatic N) is 2. The first kappa shape index (κ1) is 14.9. The number of carboxylic acid groups (broad SMARTS) is 1. The summed E-state index contributed by atoms with van der Waals surface area (Å²) in [6.45, 7) is 1.61. The van der Waals surface area contributed by atoms with Gasteiger partial charge in [-0.05, 0) is 6.92 Å². The molecule has 0 aliphatic rings. The predicted molar refractivity (Wildman–Crippen MR) is 56.3 cm³/mol. The molecule has 0 spiro atoms. The number of carbonyl (C=O) groups excluding carboxylic acids is 1. The highest BCUT2D eigenvalue weighted by atomic mass is 19.4. The lowest BCUT2D eigenvalue weighted by molar-refractivity contribution is -0.157. The molecular weight excluding hydrogens is 267 g/mol. The molecule has 0 aliphatic carbocycles. The predicted octanol–water partition coefficient (Wildman–Crippen LogP) is 0.920. The molecule has 2 N–H and O–H groups in total. The van der Waals surface area contributed by atoms with E-state index in [4.69, 9.17) is 5.11 Å². The first-order valence-corrected chi connectivity index (χ1v) is 5.08. The van der Waals surface area contributed by atoms with Gasteiger partial charge in [0.2, 0.25) is 0 Å². The molecule has 1 aromatic rings. The van der Waals surface area contributed by atoms with E-state index < -0.39 is 30.5 Å². The van der Waals surface area contributed by atoms with Crippen molar-refractivity contribution in [1.82, 2.24) is 15.3 Å². The van der Waals surface area contributed by atoms with Crippen molar-refractivity contribution in [1.29, 1.82) is 0 Å². The van der Waals surface area contributed by atoms with Crippen LogP contribution in [0.4, 0.5) is 13.2 Å². The van der Waals surface area contributed by atoms with Crippen molar-refractivity contribution in [3.8, 4) is 0 Å². The number of aliphatic carboxylic acids is 1. The van der Waals surface area contributed by atoms with Crippen LogP contribution in [0.3, 0.4) is 0 Å². The summed E-state index contributed by atoms with van der Waals surface area (Å²) < 4.78 is 36.4. The van der Waals surface area contributed by atoms with Crippen LogP contribution in [0.5, 0.6) is 0 Å². The molecule has 0 radical (unpaired) electrons. The maximum absolute atomic E-state index is 12.1. The normalized spacial score (nSPS) is 12.8. The van der Waals surface area contributed by atoms with Crippen molar-refractivity contribution in [3.63, 3.8) is 0 Å². The molecule has 1 heterocycles. The van der Waals surface area contributed by atoms with E-state index in [2.05, 4.69) is 9.97 Å². The van der Waals surface area contributed by atoms with Crippen LogP contribution in [0.25, 0.3) is 0 Å². The summed E-state index contributed by atoms with van der Waals surface area (Å²) in [6.07, 6.45) is -4.06. The van der Waals surface area contributed by atoms with Gasteiger partial charge in [-0.2, -0.15) is 13.2 Å². The fourth-order valence-electron chi connectivity index (χ4n) is 1.17. The van der Waals surface area contributed by atoms with Crippen LogP contribution in [0.1, 0.15) is 22.6 Å². The Morgan fingerprint density at radius 1 is 1.37 bits per heavy atom. The fraction of sp³-hybridized carbons (Fsp3) is 0.400. The Morgan fingerprint density at radius 3 is 2.42 bits per heavy atom. The van der Waals surface area contributed by atoms with Crippen LogP contribution in [0.2, 0.25) is 0 Å². The lowest BCUT2D eigenvalue weighted by Gasteiger charge is -2.15. The number of amides is 1. The van der Waals surface area contributed by atoms with Crippen molar-refractivity contribution in [3.05, 3.63) is 23.8 Å². The van der Waals surface area contributed by atoms with Crippen molar-refractivity contribution in [2.24, 2.45) is 0 Å². The number of hydrogen-bond donors (Lipinski definition) is 2. The monoisotopic (exact) mass is 277 g/mol. The molecule has 0 fully saturated rings. The lowest BCUT2D eigenvalue weighted by atomic mass is 10.2. The van der Waals surface area contributed by atoms with Crippen molar-refractivity contribution < 1.29 is 27.9 Å². The number of carbonyl (C=O) groups is 2. The summed E-state index contributed by atoms with van der Waals surface area (Å²) in [5.41, 5.74) is 0.264. The number of aromatic nitrogens is 2. The quantitative estimate of drug-likeness (QED) is 0.853. The van der Waals surface area contributed by atoms with Gasteiger partial charge in [0.1, 0.15) is 11.7 Å². The van der Waals surface area contributed by atoms with E-state index in [1.165, 1.54) is 6.20 Å². The van der Waals surface area contributed by atoms with Gasteiger partial charge >= 0.3 is 12.1 Å². The molecule has 1 amide bonds. The SMILES string of the molecule is Cc1cnc(C(=O)NC(CC(F)(F)F)C(=O)O)cn1. The molecule has 6 nitrogen and oxygen atoms in total. The minimum absolute atomic E-state index is 0.251. The zero-order valence-electron chi connectivity index (χ0n) is 9.73. The van der Waals surface area contributed by atoms with Crippen molar-refractivity contribution in [2.45, 2.75) is 25.6 Å². The van der Waals surface area contributed by atoms with Gasteiger partial charge in [0.05, 0.1) is 18.3 Å². The van der Waals surface area contributed by atoms with Crippen LogP contribution in [0.15, 0.2) is 12.4 Å². The second kappa shape index (κ2) is 5.63. The van der Waals surface area contributed by atoms with E-state index in [1.807, 2.05) is 0 Å². The molecular formula is C10H10F3N3O3. The van der Waals surface area contributed by atoms with Crippen LogP contribution < -0.4 is 5.32 Å². The summed E-state index contributed by atoms with van der Waals surface area (Å²) in [4.78, 5) is 29.5. The minimum atomic E-state index is -4.70. The Kier molecular flexibility index (Phi) is 4.41. The second-order valence-electron chi connectivity index (χ2n) is 3.73. The van der Waals surface area contributed by atoms with Crippen LogP contribution >= 0.6 is 0 Å². The Balaban J connectivity index is 2.77. The van der Waals surface area contributed by atoms with E-state index in [0.29, 0.717) is 5.69 Å². The highest BCUT2D eigenvalue weighted by Crippen LogP contribution is 2.21. The average Bonchev–Trinajstić information content (AvgIpc) is 2.27. The summed E-state index contributed by atoms with van der Waals surface area (Å²) in [5.74, 6) is -2.80. The lowest BCUT2D eigenvalue weighted by Crippen LogP contribution is -2.43. The van der Waals surface area contributed by atoms with Gasteiger partial charge in [-0.25, -0.2) is 9.78 Å². The Morgan fingerprint density at radius 2 is 2.00 bits per heavy atom. The Hall–Kier alpha value is -2.19. The first-order chi connectivity index (χ1) is 8.69. The third kappa shape index (κ3) is 4.90. The highest BCUT2D eigenvalue weighted by molar-refractivity contribution is 5.94. The number of aryl methyl sites for hydroxylation is 1. The molecule has 0 aliphatic heterocycles. The average molecular weight is 277 g/mol. The molecule has 1 atom stereocenters. The summed E-state index contributed by atoms with van der Waals surface area (Å²) >= 11 is 0. The topological polar surface area (TPSA) is 92.2 Å². The highest BCUT2D eigenvalue weighted by Gasteiger charge is 2.36. The number of carboxylic acids is 1. The maximum atomic E-state index is 12.1. The van der Waals surface area contributed by atoms with Gasteiger partial charge in [-0.1, -0.05) is 0 Å². The van der Waals surface area contributed by atoms with Gasteiger partial charge in [0.25, 0.3) is 5.91 Å². The van der Waals surface area contributed by atoms with Gasteiger partial charge < -0.3 is 10.4 Å². The van der Waals surface area contributed by atoms with E-state index in [1.54, 1.807) is 12.2 Å². The molecule has 0 aromatic carbocycles. The third-order valence-electron chi connectivity index (χ3n) is 2.05. The maximum Gasteiger partial charge on any atom is 0.391 e. The molecule has 19 heavy (non-hydrogen) atoms. The van der Waals surface area contributed by atoms with Crippen LogP contribution in [-0.4, -0.2) is 39.2 Å². The number of nitrogens with one attached hydrogen (secondary N) is 1. The van der Waals surface area contributed by atoms with Crippen molar-refractivity contribution >= 4 is 11.9 Å². The molecule has 1 rings (SSSR count). The molecule has 9 heteroatoms. The molecule has 1 unspecified atom stereocenters. The molecule has 1 aromatic heterocycles. The molecule has 0 bridgehead atoms. The smallest absolute Gasteiger partial charge is 0.391 e.